The number of hydrogen-bond donors (Lipinski definition) is 0. The predicted octanol–water partition coefficient (Wildman–Crippen LogP) is 3.05. The Morgan fingerprint density at radius 3 is 2.64 bits per heavy atom. The van der Waals surface area contributed by atoms with Crippen molar-refractivity contribution in [2.75, 3.05) is 0 Å². The van der Waals surface area contributed by atoms with E-state index in [0.29, 0.717) is 0 Å². The van der Waals surface area contributed by atoms with Crippen molar-refractivity contribution in [1.29, 1.82) is 0 Å². The van der Waals surface area contributed by atoms with E-state index in [1.165, 1.54) is 18.5 Å². The SMILES string of the molecule is CCCCc1ccc(C=O)n1CCC. The Balaban J connectivity index is 2.80. The van der Waals surface area contributed by atoms with Gasteiger partial charge in [0.15, 0.2) is 6.29 Å². The number of nitrogens with zero attached hydrogens (tertiary/aromatic N) is 1. The zero-order chi connectivity index (χ0) is 10.4. The van der Waals surface area contributed by atoms with Crippen molar-refractivity contribution < 1.29 is 4.79 Å². The monoisotopic (exact) mass is 193 g/mol. The van der Waals surface area contributed by atoms with Crippen molar-refractivity contribution in [3.8, 4) is 0 Å². The molecule has 0 aliphatic rings. The molecule has 0 N–H and O–H groups in total. The first-order chi connectivity index (χ1) is 6.83. The zero-order valence-electron chi connectivity index (χ0n) is 9.12. The van der Waals surface area contributed by atoms with Crippen LogP contribution in [0.4, 0.5) is 0 Å². The Morgan fingerprint density at radius 2 is 2.07 bits per heavy atom. The minimum absolute atomic E-state index is 0.818. The first kappa shape index (κ1) is 11.0. The minimum Gasteiger partial charge on any atom is -0.342 e. The van der Waals surface area contributed by atoms with Gasteiger partial charge in [0.2, 0.25) is 0 Å². The Morgan fingerprint density at radius 1 is 1.29 bits per heavy atom. The number of aryl methyl sites for hydroxylation is 1. The molecule has 0 radical (unpaired) electrons. The number of unbranched alkanes of at least 4 members (excludes halogenated alkanes) is 1. The maximum absolute atomic E-state index is 10.8. The van der Waals surface area contributed by atoms with Crippen LogP contribution in [-0.2, 0) is 13.0 Å². The molecule has 0 aliphatic heterocycles. The van der Waals surface area contributed by atoms with Gasteiger partial charge in [-0.3, -0.25) is 4.79 Å². The molecule has 0 spiro atoms. The van der Waals surface area contributed by atoms with Gasteiger partial charge in [-0.1, -0.05) is 20.3 Å². The highest BCUT2D eigenvalue weighted by molar-refractivity contribution is 5.72. The Bertz CT molecular complexity index is 289. The molecule has 0 aliphatic carbocycles. The molecule has 2 heteroatoms. The molecule has 14 heavy (non-hydrogen) atoms. The largest absolute Gasteiger partial charge is 0.342 e. The van der Waals surface area contributed by atoms with Gasteiger partial charge >= 0.3 is 0 Å². The van der Waals surface area contributed by atoms with Gasteiger partial charge in [0.1, 0.15) is 0 Å². The van der Waals surface area contributed by atoms with Gasteiger partial charge in [-0.05, 0) is 31.4 Å². The Labute approximate surface area is 85.9 Å². The van der Waals surface area contributed by atoms with E-state index in [0.717, 1.165) is 31.4 Å². The highest BCUT2D eigenvalue weighted by Crippen LogP contribution is 2.11. The van der Waals surface area contributed by atoms with E-state index in [4.69, 9.17) is 0 Å². The first-order valence-electron chi connectivity index (χ1n) is 5.47. The van der Waals surface area contributed by atoms with E-state index in [2.05, 4.69) is 24.5 Å². The molecule has 1 rings (SSSR count). The van der Waals surface area contributed by atoms with Crippen LogP contribution < -0.4 is 0 Å². The van der Waals surface area contributed by atoms with Crippen molar-refractivity contribution in [3.05, 3.63) is 23.5 Å². The molecule has 0 atom stereocenters. The van der Waals surface area contributed by atoms with Gasteiger partial charge in [0, 0.05) is 12.2 Å². The highest BCUT2D eigenvalue weighted by atomic mass is 16.1. The molecule has 0 bridgehead atoms. The smallest absolute Gasteiger partial charge is 0.166 e. The lowest BCUT2D eigenvalue weighted by atomic mass is 10.2. The summed E-state index contributed by atoms with van der Waals surface area (Å²) in [6.45, 7) is 5.28. The molecular formula is C12H19NO. The van der Waals surface area contributed by atoms with Crippen LogP contribution >= 0.6 is 0 Å². The molecule has 0 saturated heterocycles. The number of aldehydes is 1. The third-order valence-corrected chi connectivity index (χ3v) is 2.46. The van der Waals surface area contributed by atoms with Crippen molar-refractivity contribution >= 4 is 6.29 Å². The Hall–Kier alpha value is -1.05. The summed E-state index contributed by atoms with van der Waals surface area (Å²) in [5, 5.41) is 0. The zero-order valence-corrected chi connectivity index (χ0v) is 9.12. The van der Waals surface area contributed by atoms with Crippen molar-refractivity contribution in [2.24, 2.45) is 0 Å². The van der Waals surface area contributed by atoms with Crippen LogP contribution in [0.1, 0.15) is 49.3 Å². The summed E-state index contributed by atoms with van der Waals surface area (Å²) in [4.78, 5) is 10.8. The molecule has 0 saturated carbocycles. The summed E-state index contributed by atoms with van der Waals surface area (Å²) in [6.07, 6.45) is 5.52. The summed E-state index contributed by atoms with van der Waals surface area (Å²) in [5.74, 6) is 0. The summed E-state index contributed by atoms with van der Waals surface area (Å²) in [7, 11) is 0. The molecule has 0 fully saturated rings. The topological polar surface area (TPSA) is 22.0 Å². The lowest BCUT2D eigenvalue weighted by Gasteiger charge is -2.08. The van der Waals surface area contributed by atoms with E-state index in [-0.39, 0.29) is 0 Å². The average molecular weight is 193 g/mol. The second-order valence-electron chi connectivity index (χ2n) is 3.62. The molecule has 0 amide bonds. The second-order valence-corrected chi connectivity index (χ2v) is 3.62. The average Bonchev–Trinajstić information content (AvgIpc) is 2.58. The molecule has 1 aromatic rings. The van der Waals surface area contributed by atoms with Crippen LogP contribution in [0.3, 0.4) is 0 Å². The molecule has 1 heterocycles. The fourth-order valence-electron chi connectivity index (χ4n) is 1.70. The van der Waals surface area contributed by atoms with E-state index >= 15 is 0 Å². The number of carbonyl (C=O) groups is 1. The molecular weight excluding hydrogens is 174 g/mol. The molecule has 78 valence electrons. The third-order valence-electron chi connectivity index (χ3n) is 2.46. The van der Waals surface area contributed by atoms with Crippen LogP contribution in [0.25, 0.3) is 0 Å². The second kappa shape index (κ2) is 5.63. The summed E-state index contributed by atoms with van der Waals surface area (Å²) in [5.41, 5.74) is 2.12. The van der Waals surface area contributed by atoms with Gasteiger partial charge in [-0.2, -0.15) is 0 Å². The van der Waals surface area contributed by atoms with Crippen LogP contribution in [0.2, 0.25) is 0 Å². The van der Waals surface area contributed by atoms with Crippen LogP contribution in [0.5, 0.6) is 0 Å². The maximum Gasteiger partial charge on any atom is 0.166 e. The maximum atomic E-state index is 10.8. The van der Waals surface area contributed by atoms with Gasteiger partial charge in [0.25, 0.3) is 0 Å². The normalized spacial score (nSPS) is 10.4. The van der Waals surface area contributed by atoms with Gasteiger partial charge in [-0.25, -0.2) is 0 Å². The fraction of sp³-hybridized carbons (Fsp3) is 0.583. The number of rotatable bonds is 6. The van der Waals surface area contributed by atoms with E-state index in [1.807, 2.05) is 6.07 Å². The van der Waals surface area contributed by atoms with Crippen molar-refractivity contribution in [1.82, 2.24) is 4.57 Å². The van der Waals surface area contributed by atoms with E-state index < -0.39 is 0 Å². The molecule has 0 unspecified atom stereocenters. The minimum atomic E-state index is 0.818. The summed E-state index contributed by atoms with van der Waals surface area (Å²) < 4.78 is 2.14. The molecule has 2 nitrogen and oxygen atoms in total. The summed E-state index contributed by atoms with van der Waals surface area (Å²) >= 11 is 0. The molecule has 0 aromatic carbocycles. The standard InChI is InChI=1S/C12H19NO/c1-3-5-6-11-7-8-12(10-14)13(11)9-4-2/h7-8,10H,3-6,9H2,1-2H3. The Kier molecular flexibility index (Phi) is 4.44. The van der Waals surface area contributed by atoms with E-state index in [1.54, 1.807) is 0 Å². The fourth-order valence-corrected chi connectivity index (χ4v) is 1.70. The lowest BCUT2D eigenvalue weighted by molar-refractivity contribution is 0.111. The van der Waals surface area contributed by atoms with Crippen molar-refractivity contribution in [2.45, 2.75) is 46.1 Å². The lowest BCUT2D eigenvalue weighted by Crippen LogP contribution is -2.06. The highest BCUT2D eigenvalue weighted by Gasteiger charge is 2.05. The van der Waals surface area contributed by atoms with Gasteiger partial charge in [-0.15, -0.1) is 0 Å². The van der Waals surface area contributed by atoms with Crippen LogP contribution in [-0.4, -0.2) is 10.9 Å². The van der Waals surface area contributed by atoms with Crippen molar-refractivity contribution in [3.63, 3.8) is 0 Å². The molecule has 1 aromatic heterocycles. The summed E-state index contributed by atoms with van der Waals surface area (Å²) in [6, 6.07) is 4.00. The van der Waals surface area contributed by atoms with E-state index in [9.17, 15) is 4.79 Å². The first-order valence-corrected chi connectivity index (χ1v) is 5.47. The van der Waals surface area contributed by atoms with Gasteiger partial charge < -0.3 is 4.57 Å². The number of aromatic nitrogens is 1. The van der Waals surface area contributed by atoms with Gasteiger partial charge in [0.05, 0.1) is 5.69 Å². The van der Waals surface area contributed by atoms with Crippen LogP contribution in [0.15, 0.2) is 12.1 Å². The van der Waals surface area contributed by atoms with Crippen LogP contribution in [0, 0.1) is 0 Å². The third kappa shape index (κ3) is 2.47. The number of carbonyl (C=O) groups excluding carboxylic acids is 1. The predicted molar refractivity (Wildman–Crippen MR) is 58.7 cm³/mol. The number of hydrogen-bond acceptors (Lipinski definition) is 1. The quantitative estimate of drug-likeness (QED) is 0.636.